The van der Waals surface area contributed by atoms with Crippen LogP contribution in [0.1, 0.15) is 81.8 Å². The molecular weight excluding hydrogens is 266 g/mol. The Kier molecular flexibility index (Phi) is 4.29. The topological polar surface area (TPSA) is 43.8 Å². The number of rotatable bonds is 3. The summed E-state index contributed by atoms with van der Waals surface area (Å²) in [5, 5.41) is 0. The highest BCUT2D eigenvalue weighted by molar-refractivity contribution is 7.99. The van der Waals surface area contributed by atoms with Crippen LogP contribution in [0.25, 0.3) is 0 Å². The van der Waals surface area contributed by atoms with E-state index >= 15 is 0 Å². The molecule has 0 spiro atoms. The Hall–Kier alpha value is -0.640. The first kappa shape index (κ1) is 14.3. The van der Waals surface area contributed by atoms with Gasteiger partial charge in [0, 0.05) is 23.6 Å². The van der Waals surface area contributed by atoms with Gasteiger partial charge in [-0.1, -0.05) is 19.3 Å². The first-order valence-corrected chi connectivity index (χ1v) is 9.29. The summed E-state index contributed by atoms with van der Waals surface area (Å²) in [5.41, 5.74) is 7.68. The second kappa shape index (κ2) is 6.00. The largest absolute Gasteiger partial charge is 0.384 e. The van der Waals surface area contributed by atoms with Crippen molar-refractivity contribution in [2.24, 2.45) is 0 Å². The molecule has 4 heteroatoms. The zero-order chi connectivity index (χ0) is 14.1. The van der Waals surface area contributed by atoms with E-state index in [1.54, 1.807) is 0 Å². The lowest BCUT2D eigenvalue weighted by atomic mass is 9.88. The molecule has 2 N–H and O–H groups in total. The van der Waals surface area contributed by atoms with Crippen molar-refractivity contribution in [1.82, 2.24) is 9.55 Å². The minimum absolute atomic E-state index is 0.419. The fraction of sp³-hybridized carbons (Fsp3) is 0.812. The molecule has 3 nitrogen and oxygen atoms in total. The predicted molar refractivity (Wildman–Crippen MR) is 87.5 cm³/mol. The number of nitrogen functional groups attached to an aromatic ring is 1. The van der Waals surface area contributed by atoms with Gasteiger partial charge in [0.25, 0.3) is 0 Å². The molecule has 1 atom stereocenters. The fourth-order valence-corrected chi connectivity index (χ4v) is 4.95. The second-order valence-corrected chi connectivity index (χ2v) is 7.75. The lowest BCUT2D eigenvalue weighted by Crippen LogP contribution is -2.15. The van der Waals surface area contributed by atoms with Crippen molar-refractivity contribution in [3.05, 3.63) is 11.5 Å². The highest BCUT2D eigenvalue weighted by Gasteiger charge is 2.29. The lowest BCUT2D eigenvalue weighted by Gasteiger charge is -2.24. The van der Waals surface area contributed by atoms with Gasteiger partial charge in [0.05, 0.1) is 5.69 Å². The van der Waals surface area contributed by atoms with Gasteiger partial charge in [-0.2, -0.15) is 11.8 Å². The molecule has 0 amide bonds. The quantitative estimate of drug-likeness (QED) is 0.903. The Bertz CT molecular complexity index is 455. The molecule has 0 aromatic carbocycles. The van der Waals surface area contributed by atoms with Gasteiger partial charge in [-0.15, -0.1) is 0 Å². The molecule has 1 saturated carbocycles. The average Bonchev–Trinajstić information content (AvgIpc) is 3.06. The van der Waals surface area contributed by atoms with Crippen LogP contribution in [0.2, 0.25) is 0 Å². The van der Waals surface area contributed by atoms with Gasteiger partial charge in [0.1, 0.15) is 11.6 Å². The molecule has 0 bridgehead atoms. The number of hydrogen-bond donors (Lipinski definition) is 1. The molecule has 2 aliphatic rings. The maximum Gasteiger partial charge on any atom is 0.127 e. The van der Waals surface area contributed by atoms with Crippen molar-refractivity contribution in [2.45, 2.75) is 70.3 Å². The minimum Gasteiger partial charge on any atom is -0.384 e. The Labute approximate surface area is 126 Å². The monoisotopic (exact) mass is 293 g/mol. The SMILES string of the molecule is CC(C)n1c(C2CCCCC2)nc(C2CCSC2)c1N. The number of nitrogens with zero attached hydrogens (tertiary/aromatic N) is 2. The van der Waals surface area contributed by atoms with Crippen LogP contribution in [0.4, 0.5) is 5.82 Å². The van der Waals surface area contributed by atoms with Gasteiger partial charge >= 0.3 is 0 Å². The van der Waals surface area contributed by atoms with E-state index in [4.69, 9.17) is 10.7 Å². The molecular formula is C16H27N3S. The van der Waals surface area contributed by atoms with E-state index in [9.17, 15) is 0 Å². The molecule has 1 aliphatic carbocycles. The van der Waals surface area contributed by atoms with Gasteiger partial charge in [-0.3, -0.25) is 0 Å². The molecule has 1 saturated heterocycles. The van der Waals surface area contributed by atoms with E-state index in [0.29, 0.717) is 17.9 Å². The number of anilines is 1. The second-order valence-electron chi connectivity index (χ2n) is 6.60. The van der Waals surface area contributed by atoms with E-state index in [0.717, 1.165) is 5.82 Å². The van der Waals surface area contributed by atoms with E-state index in [1.165, 1.54) is 61.5 Å². The highest BCUT2D eigenvalue weighted by Crippen LogP contribution is 2.40. The molecule has 20 heavy (non-hydrogen) atoms. The molecule has 112 valence electrons. The van der Waals surface area contributed by atoms with Crippen molar-refractivity contribution < 1.29 is 0 Å². The molecule has 1 aliphatic heterocycles. The van der Waals surface area contributed by atoms with Crippen molar-refractivity contribution in [3.63, 3.8) is 0 Å². The van der Waals surface area contributed by atoms with Gasteiger partial charge in [-0.05, 0) is 38.9 Å². The number of hydrogen-bond acceptors (Lipinski definition) is 3. The Morgan fingerprint density at radius 2 is 1.90 bits per heavy atom. The number of thioether (sulfide) groups is 1. The molecule has 2 heterocycles. The predicted octanol–water partition coefficient (Wildman–Crippen LogP) is 4.31. The maximum atomic E-state index is 6.48. The Morgan fingerprint density at radius 1 is 1.15 bits per heavy atom. The van der Waals surface area contributed by atoms with Crippen LogP contribution in [0.5, 0.6) is 0 Å². The third-order valence-corrected chi connectivity index (χ3v) is 5.97. The molecule has 1 aromatic heterocycles. The van der Waals surface area contributed by atoms with Crippen LogP contribution in [0.15, 0.2) is 0 Å². The third kappa shape index (κ3) is 2.59. The van der Waals surface area contributed by atoms with Crippen molar-refractivity contribution >= 4 is 17.6 Å². The number of nitrogens with two attached hydrogens (primary N) is 1. The first-order chi connectivity index (χ1) is 9.68. The fourth-order valence-electron chi connectivity index (χ4n) is 3.72. The van der Waals surface area contributed by atoms with Gasteiger partial charge < -0.3 is 10.3 Å². The van der Waals surface area contributed by atoms with Crippen LogP contribution in [0, 0.1) is 0 Å². The van der Waals surface area contributed by atoms with E-state index in [-0.39, 0.29) is 0 Å². The number of imidazole rings is 1. The minimum atomic E-state index is 0.419. The van der Waals surface area contributed by atoms with Crippen molar-refractivity contribution in [3.8, 4) is 0 Å². The molecule has 3 rings (SSSR count). The van der Waals surface area contributed by atoms with Crippen LogP contribution >= 0.6 is 11.8 Å². The molecule has 2 fully saturated rings. The summed E-state index contributed by atoms with van der Waals surface area (Å²) in [5.74, 6) is 5.91. The van der Waals surface area contributed by atoms with Gasteiger partial charge in [-0.25, -0.2) is 4.98 Å². The van der Waals surface area contributed by atoms with Gasteiger partial charge in [0.15, 0.2) is 0 Å². The number of aromatic nitrogens is 2. The lowest BCUT2D eigenvalue weighted by molar-refractivity contribution is 0.407. The maximum absolute atomic E-state index is 6.48. The molecule has 1 unspecified atom stereocenters. The van der Waals surface area contributed by atoms with Gasteiger partial charge in [0.2, 0.25) is 0 Å². The van der Waals surface area contributed by atoms with E-state index in [1.807, 2.05) is 11.8 Å². The average molecular weight is 293 g/mol. The smallest absolute Gasteiger partial charge is 0.127 e. The van der Waals surface area contributed by atoms with Crippen molar-refractivity contribution in [1.29, 1.82) is 0 Å². The van der Waals surface area contributed by atoms with Crippen LogP contribution in [-0.4, -0.2) is 21.1 Å². The zero-order valence-electron chi connectivity index (χ0n) is 12.8. The summed E-state index contributed by atoms with van der Waals surface area (Å²) in [4.78, 5) is 5.06. The third-order valence-electron chi connectivity index (χ3n) is 4.81. The summed E-state index contributed by atoms with van der Waals surface area (Å²) in [7, 11) is 0. The summed E-state index contributed by atoms with van der Waals surface area (Å²) >= 11 is 2.04. The normalized spacial score (nSPS) is 24.6. The molecule has 1 aromatic rings. The zero-order valence-corrected chi connectivity index (χ0v) is 13.6. The summed E-state index contributed by atoms with van der Waals surface area (Å²) in [6, 6.07) is 0.419. The van der Waals surface area contributed by atoms with E-state index < -0.39 is 0 Å². The van der Waals surface area contributed by atoms with Crippen LogP contribution in [-0.2, 0) is 0 Å². The standard InChI is InChI=1S/C16H27N3S/c1-11(2)19-15(17)14(13-8-9-20-10-13)18-16(19)12-6-4-3-5-7-12/h11-13H,3-10,17H2,1-2H3. The Morgan fingerprint density at radius 3 is 2.50 bits per heavy atom. The summed E-state index contributed by atoms with van der Waals surface area (Å²) < 4.78 is 2.33. The van der Waals surface area contributed by atoms with Crippen molar-refractivity contribution in [2.75, 3.05) is 17.2 Å². The molecule has 0 radical (unpaired) electrons. The first-order valence-electron chi connectivity index (χ1n) is 8.13. The summed E-state index contributed by atoms with van der Waals surface area (Å²) in [6.07, 6.45) is 7.92. The van der Waals surface area contributed by atoms with Crippen LogP contribution < -0.4 is 5.73 Å². The Balaban J connectivity index is 1.96. The van der Waals surface area contributed by atoms with E-state index in [2.05, 4.69) is 18.4 Å². The van der Waals surface area contributed by atoms with Crippen LogP contribution in [0.3, 0.4) is 0 Å². The highest BCUT2D eigenvalue weighted by atomic mass is 32.2. The summed E-state index contributed by atoms with van der Waals surface area (Å²) in [6.45, 7) is 4.47.